The maximum atomic E-state index is 5.69. The highest BCUT2D eigenvalue weighted by atomic mass is 19.0. The van der Waals surface area contributed by atoms with Crippen molar-refractivity contribution >= 4 is 0 Å². The lowest BCUT2D eigenvalue weighted by Gasteiger charge is -2.34. The van der Waals surface area contributed by atoms with E-state index in [2.05, 4.69) is 0 Å². The maximum absolute atomic E-state index is 5.69. The number of hydrogen-bond acceptors (Lipinski definition) is 2. The Balaban J connectivity index is 0. The number of nitrogens with two attached hydrogens (primary N) is 2. The van der Waals surface area contributed by atoms with Crippen molar-refractivity contribution in [1.82, 2.24) is 0 Å². The fraction of sp³-hybridized carbons (Fsp3) is 1.00. The summed E-state index contributed by atoms with van der Waals surface area (Å²) in [7, 11) is 0. The van der Waals surface area contributed by atoms with E-state index in [9.17, 15) is 0 Å². The van der Waals surface area contributed by atoms with E-state index < -0.39 is 0 Å². The van der Waals surface area contributed by atoms with Gasteiger partial charge in [0.25, 0.3) is 0 Å². The van der Waals surface area contributed by atoms with Gasteiger partial charge in [-0.1, -0.05) is 0 Å². The summed E-state index contributed by atoms with van der Waals surface area (Å²) in [6, 6.07) is 0. The Labute approximate surface area is 56.0 Å². The molecule has 0 saturated heterocycles. The molecule has 0 heterocycles. The predicted molar refractivity (Wildman–Crippen MR) is 39.0 cm³/mol. The van der Waals surface area contributed by atoms with Gasteiger partial charge in [-0.25, -0.2) is 0 Å². The smallest absolute Gasteiger partial charge is 0.0274 e. The predicted octanol–water partition coefficient (Wildman–Crippen LogP) is 0.613. The first-order valence-electron chi connectivity index (χ1n) is 2.83. The van der Waals surface area contributed by atoms with Crippen LogP contribution in [0.3, 0.4) is 0 Å². The standard InChI is InChI=1S/C6H16N2.FH/c1-5(2,7)6(3,4)8;/h7-8H2,1-4H3;1H. The van der Waals surface area contributed by atoms with Crippen LogP contribution in [0.5, 0.6) is 0 Å². The lowest BCUT2D eigenvalue weighted by atomic mass is 9.85. The van der Waals surface area contributed by atoms with E-state index in [0.717, 1.165) is 0 Å². The summed E-state index contributed by atoms with van der Waals surface area (Å²) in [6.07, 6.45) is 0. The van der Waals surface area contributed by atoms with Crippen molar-refractivity contribution in [2.24, 2.45) is 11.5 Å². The third kappa shape index (κ3) is 3.43. The van der Waals surface area contributed by atoms with Crippen molar-refractivity contribution in [2.75, 3.05) is 0 Å². The van der Waals surface area contributed by atoms with Crippen molar-refractivity contribution in [3.05, 3.63) is 0 Å². The zero-order valence-corrected chi connectivity index (χ0v) is 6.56. The van der Waals surface area contributed by atoms with Crippen molar-refractivity contribution in [1.29, 1.82) is 0 Å². The molecule has 0 aliphatic carbocycles. The average Bonchev–Trinajstić information content (AvgIpc) is 1.25. The summed E-state index contributed by atoms with van der Waals surface area (Å²) in [5.41, 5.74) is 10.8. The van der Waals surface area contributed by atoms with Crippen molar-refractivity contribution in [3.8, 4) is 0 Å². The van der Waals surface area contributed by atoms with Crippen molar-refractivity contribution < 1.29 is 4.70 Å². The van der Waals surface area contributed by atoms with Crippen LogP contribution < -0.4 is 11.5 Å². The van der Waals surface area contributed by atoms with Gasteiger partial charge in [0.1, 0.15) is 0 Å². The van der Waals surface area contributed by atoms with Gasteiger partial charge in [0.2, 0.25) is 0 Å². The molecule has 9 heavy (non-hydrogen) atoms. The SMILES string of the molecule is CC(C)(N)C(C)(C)N.F. The lowest BCUT2D eigenvalue weighted by molar-refractivity contribution is 0.309. The van der Waals surface area contributed by atoms with Crippen LogP contribution in [0.2, 0.25) is 0 Å². The van der Waals surface area contributed by atoms with Gasteiger partial charge in [-0.15, -0.1) is 0 Å². The van der Waals surface area contributed by atoms with Crippen LogP contribution in [0.25, 0.3) is 0 Å². The van der Waals surface area contributed by atoms with E-state index in [1.165, 1.54) is 0 Å². The van der Waals surface area contributed by atoms with E-state index in [0.29, 0.717) is 0 Å². The molecule has 0 aliphatic heterocycles. The van der Waals surface area contributed by atoms with Gasteiger partial charge in [0.15, 0.2) is 0 Å². The van der Waals surface area contributed by atoms with Gasteiger partial charge >= 0.3 is 0 Å². The molecule has 0 aromatic carbocycles. The summed E-state index contributed by atoms with van der Waals surface area (Å²) in [5.74, 6) is 0. The summed E-state index contributed by atoms with van der Waals surface area (Å²) in [5, 5.41) is 0. The summed E-state index contributed by atoms with van der Waals surface area (Å²) in [4.78, 5) is 0. The van der Waals surface area contributed by atoms with Crippen LogP contribution in [0.15, 0.2) is 0 Å². The molecule has 0 fully saturated rings. The normalized spacial score (nSPS) is 12.7. The molecule has 0 radical (unpaired) electrons. The monoisotopic (exact) mass is 136 g/mol. The minimum atomic E-state index is -0.285. The fourth-order valence-electron chi connectivity index (χ4n) is 0. The minimum absolute atomic E-state index is 0. The van der Waals surface area contributed by atoms with E-state index in [4.69, 9.17) is 11.5 Å². The van der Waals surface area contributed by atoms with Crippen LogP contribution in [0, 0.1) is 0 Å². The van der Waals surface area contributed by atoms with Gasteiger partial charge in [-0.2, -0.15) is 0 Å². The molecule has 0 atom stereocenters. The average molecular weight is 136 g/mol. The molecule has 0 spiro atoms. The van der Waals surface area contributed by atoms with Crippen molar-refractivity contribution in [2.45, 2.75) is 38.8 Å². The van der Waals surface area contributed by atoms with Crippen LogP contribution in [-0.2, 0) is 0 Å². The molecule has 4 N–H and O–H groups in total. The Morgan fingerprint density at radius 1 is 0.778 bits per heavy atom. The molecule has 0 unspecified atom stereocenters. The van der Waals surface area contributed by atoms with E-state index >= 15 is 0 Å². The van der Waals surface area contributed by atoms with Gasteiger partial charge in [-0.3, -0.25) is 4.70 Å². The van der Waals surface area contributed by atoms with E-state index in [-0.39, 0.29) is 15.8 Å². The summed E-state index contributed by atoms with van der Waals surface area (Å²) >= 11 is 0. The number of hydrogen-bond donors (Lipinski definition) is 2. The molecular weight excluding hydrogens is 119 g/mol. The minimum Gasteiger partial charge on any atom is -0.324 e. The Morgan fingerprint density at radius 2 is 0.889 bits per heavy atom. The van der Waals surface area contributed by atoms with Gasteiger partial charge < -0.3 is 11.5 Å². The Kier molecular flexibility index (Phi) is 3.39. The highest BCUT2D eigenvalue weighted by Gasteiger charge is 2.28. The van der Waals surface area contributed by atoms with E-state index in [1.807, 2.05) is 27.7 Å². The first kappa shape index (κ1) is 11.6. The Morgan fingerprint density at radius 3 is 0.889 bits per heavy atom. The van der Waals surface area contributed by atoms with Gasteiger partial charge in [0, 0.05) is 11.1 Å². The van der Waals surface area contributed by atoms with Crippen LogP contribution in [-0.4, -0.2) is 11.1 Å². The summed E-state index contributed by atoms with van der Waals surface area (Å²) < 4.78 is 0. The Bertz CT molecular complexity index is 66.0. The van der Waals surface area contributed by atoms with E-state index in [1.54, 1.807) is 0 Å². The third-order valence-electron chi connectivity index (χ3n) is 1.66. The second-order valence-corrected chi connectivity index (χ2v) is 3.44. The van der Waals surface area contributed by atoms with Crippen molar-refractivity contribution in [3.63, 3.8) is 0 Å². The molecule has 0 aromatic heterocycles. The molecule has 0 aromatic rings. The summed E-state index contributed by atoms with van der Waals surface area (Å²) in [6.45, 7) is 7.69. The van der Waals surface area contributed by atoms with Crippen LogP contribution in [0.4, 0.5) is 4.70 Å². The maximum Gasteiger partial charge on any atom is 0.0274 e. The Hall–Kier alpha value is -0.150. The molecule has 0 bridgehead atoms. The first-order chi connectivity index (χ1) is 3.25. The van der Waals surface area contributed by atoms with Crippen LogP contribution >= 0.6 is 0 Å². The molecular formula is C6H17FN2. The number of halogens is 1. The molecule has 2 nitrogen and oxygen atoms in total. The lowest BCUT2D eigenvalue weighted by Crippen LogP contribution is -2.58. The zero-order chi connectivity index (χ0) is 7.00. The molecule has 58 valence electrons. The largest absolute Gasteiger partial charge is 0.324 e. The molecule has 0 aliphatic rings. The molecule has 0 amide bonds. The molecule has 0 saturated carbocycles. The highest BCUT2D eigenvalue weighted by molar-refractivity contribution is 4.93. The zero-order valence-electron chi connectivity index (χ0n) is 6.56. The first-order valence-corrected chi connectivity index (χ1v) is 2.83. The second-order valence-electron chi connectivity index (χ2n) is 3.44. The second kappa shape index (κ2) is 2.62. The number of rotatable bonds is 1. The van der Waals surface area contributed by atoms with Gasteiger partial charge in [0.05, 0.1) is 0 Å². The third-order valence-corrected chi connectivity index (χ3v) is 1.66. The molecule has 3 heteroatoms. The quantitative estimate of drug-likeness (QED) is 0.555. The highest BCUT2D eigenvalue weighted by Crippen LogP contribution is 2.13. The van der Waals surface area contributed by atoms with Crippen LogP contribution in [0.1, 0.15) is 27.7 Å². The van der Waals surface area contributed by atoms with Gasteiger partial charge in [-0.05, 0) is 27.7 Å². The fourth-order valence-corrected chi connectivity index (χ4v) is 0. The molecule has 0 rings (SSSR count). The topological polar surface area (TPSA) is 52.0 Å².